The van der Waals surface area contributed by atoms with Gasteiger partial charge in [0.05, 0.1) is 36.5 Å². The quantitative estimate of drug-likeness (QED) is 0.576. The van der Waals surface area contributed by atoms with Gasteiger partial charge < -0.3 is 15.4 Å². The smallest absolute Gasteiger partial charge is 0.471 e. The minimum absolute atomic E-state index is 0.0153. The van der Waals surface area contributed by atoms with Gasteiger partial charge in [-0.05, 0) is 52.4 Å². The van der Waals surface area contributed by atoms with Crippen molar-refractivity contribution < 1.29 is 27.1 Å². The van der Waals surface area contributed by atoms with Crippen LogP contribution < -0.4 is 15.4 Å². The molecule has 2 aromatic heterocycles. The van der Waals surface area contributed by atoms with Crippen molar-refractivity contribution in [2.75, 3.05) is 11.9 Å². The van der Waals surface area contributed by atoms with E-state index in [4.69, 9.17) is 4.74 Å². The number of hydrogen-bond acceptors (Lipinski definition) is 7. The van der Waals surface area contributed by atoms with Gasteiger partial charge in [-0.1, -0.05) is 0 Å². The molecule has 9 nitrogen and oxygen atoms in total. The number of nitriles is 1. The molecule has 1 aliphatic rings. The Morgan fingerprint density at radius 2 is 1.97 bits per heavy atom. The fraction of sp³-hybridized carbons (Fsp3) is 0.571. The first-order valence-electron chi connectivity index (χ1n) is 10.7. The summed E-state index contributed by atoms with van der Waals surface area (Å²) in [4.78, 5) is 19.0. The van der Waals surface area contributed by atoms with Crippen LogP contribution in [0, 0.1) is 30.0 Å². The van der Waals surface area contributed by atoms with Crippen molar-refractivity contribution in [3.8, 4) is 11.9 Å². The van der Waals surface area contributed by atoms with E-state index in [0.29, 0.717) is 37.1 Å². The van der Waals surface area contributed by atoms with Crippen molar-refractivity contribution >= 4 is 17.5 Å². The fourth-order valence-corrected chi connectivity index (χ4v) is 3.49. The van der Waals surface area contributed by atoms with Crippen LogP contribution in [0.1, 0.15) is 45.2 Å². The second-order valence-electron chi connectivity index (χ2n) is 8.72. The molecule has 2 aromatic rings. The maximum atomic E-state index is 14.2. The molecule has 0 spiro atoms. The number of nitrogens with zero attached hydrogens (tertiary/aromatic N) is 5. The van der Waals surface area contributed by atoms with Crippen LogP contribution in [0.3, 0.4) is 0 Å². The highest BCUT2D eigenvalue weighted by molar-refractivity contribution is 5.81. The number of alkyl halides is 3. The van der Waals surface area contributed by atoms with Gasteiger partial charge in [0.2, 0.25) is 11.8 Å². The number of aryl methyl sites for hydroxylation is 1. The van der Waals surface area contributed by atoms with Gasteiger partial charge in [-0.25, -0.2) is 4.98 Å². The predicted molar refractivity (Wildman–Crippen MR) is 113 cm³/mol. The molecule has 0 bridgehead atoms. The number of halogens is 4. The van der Waals surface area contributed by atoms with E-state index in [9.17, 15) is 27.6 Å². The Labute approximate surface area is 193 Å². The number of nitrogens with one attached hydrogen (secondary N) is 2. The third kappa shape index (κ3) is 6.12. The summed E-state index contributed by atoms with van der Waals surface area (Å²) in [5.74, 6) is -2.89. The van der Waals surface area contributed by atoms with E-state index >= 15 is 0 Å². The van der Waals surface area contributed by atoms with Gasteiger partial charge in [0.1, 0.15) is 5.54 Å². The van der Waals surface area contributed by atoms with Gasteiger partial charge in [-0.15, -0.1) is 0 Å². The lowest BCUT2D eigenvalue weighted by Gasteiger charge is -2.29. The van der Waals surface area contributed by atoms with Crippen LogP contribution in [-0.2, 0) is 10.3 Å². The SMILES string of the molecule is Cc1nn(C(C)(C)C#N)cc1Nc1ncc(F)c(OCC2CCC(NC(=O)C(F)(F)F)CC2)n1. The first-order chi connectivity index (χ1) is 15.9. The van der Waals surface area contributed by atoms with E-state index in [0.717, 1.165) is 6.20 Å². The molecule has 1 fully saturated rings. The van der Waals surface area contributed by atoms with Crippen molar-refractivity contribution in [3.63, 3.8) is 0 Å². The monoisotopic (exact) mass is 483 g/mol. The van der Waals surface area contributed by atoms with Crippen LogP contribution in [0.4, 0.5) is 29.2 Å². The number of amides is 1. The van der Waals surface area contributed by atoms with Crippen LogP contribution in [0.5, 0.6) is 5.88 Å². The van der Waals surface area contributed by atoms with E-state index in [1.54, 1.807) is 27.0 Å². The highest BCUT2D eigenvalue weighted by atomic mass is 19.4. The van der Waals surface area contributed by atoms with E-state index in [2.05, 4.69) is 26.5 Å². The van der Waals surface area contributed by atoms with Crippen LogP contribution in [0.15, 0.2) is 12.4 Å². The fourth-order valence-electron chi connectivity index (χ4n) is 3.49. The Balaban J connectivity index is 1.57. The Bertz CT molecular complexity index is 1070. The summed E-state index contributed by atoms with van der Waals surface area (Å²) in [6, 6.07) is 1.60. The Morgan fingerprint density at radius 3 is 2.59 bits per heavy atom. The van der Waals surface area contributed by atoms with Crippen molar-refractivity contribution in [1.82, 2.24) is 25.1 Å². The molecule has 2 N–H and O–H groups in total. The Hall–Kier alpha value is -3.43. The average Bonchev–Trinajstić information content (AvgIpc) is 3.15. The van der Waals surface area contributed by atoms with Crippen molar-refractivity contribution in [2.45, 2.75) is 64.2 Å². The zero-order chi connectivity index (χ0) is 25.1. The van der Waals surface area contributed by atoms with E-state index < -0.39 is 29.5 Å². The maximum Gasteiger partial charge on any atom is 0.471 e. The zero-order valence-electron chi connectivity index (χ0n) is 18.9. The summed E-state index contributed by atoms with van der Waals surface area (Å²) in [5.41, 5.74) is 0.269. The van der Waals surface area contributed by atoms with Crippen LogP contribution in [0.25, 0.3) is 0 Å². The molecular formula is C21H25F4N7O2. The third-order valence-corrected chi connectivity index (χ3v) is 5.60. The number of rotatable bonds is 7. The molecule has 2 heterocycles. The maximum absolute atomic E-state index is 14.2. The van der Waals surface area contributed by atoms with E-state index in [-0.39, 0.29) is 24.4 Å². The highest BCUT2D eigenvalue weighted by Gasteiger charge is 2.40. The summed E-state index contributed by atoms with van der Waals surface area (Å²) in [7, 11) is 0. The first-order valence-corrected chi connectivity index (χ1v) is 10.7. The average molecular weight is 483 g/mol. The number of carbonyl (C=O) groups excluding carboxylic acids is 1. The van der Waals surface area contributed by atoms with Gasteiger partial charge in [-0.3, -0.25) is 9.48 Å². The molecule has 3 rings (SSSR count). The summed E-state index contributed by atoms with van der Waals surface area (Å²) in [6.07, 6.45) is -0.524. The van der Waals surface area contributed by atoms with Gasteiger partial charge in [0.25, 0.3) is 5.88 Å². The topological polar surface area (TPSA) is 118 Å². The van der Waals surface area contributed by atoms with Crippen LogP contribution in [-0.4, -0.2) is 44.5 Å². The molecule has 0 aromatic carbocycles. The molecular weight excluding hydrogens is 458 g/mol. The molecule has 0 radical (unpaired) electrons. The molecule has 0 atom stereocenters. The third-order valence-electron chi connectivity index (χ3n) is 5.60. The van der Waals surface area contributed by atoms with Gasteiger partial charge >= 0.3 is 12.1 Å². The molecule has 0 aliphatic heterocycles. The van der Waals surface area contributed by atoms with Crippen molar-refractivity contribution in [3.05, 3.63) is 23.9 Å². The van der Waals surface area contributed by atoms with Gasteiger partial charge in [0.15, 0.2) is 0 Å². The van der Waals surface area contributed by atoms with Crippen molar-refractivity contribution in [2.24, 2.45) is 5.92 Å². The zero-order valence-corrected chi connectivity index (χ0v) is 18.9. The largest absolute Gasteiger partial charge is 0.475 e. The molecule has 1 aliphatic carbocycles. The van der Waals surface area contributed by atoms with Gasteiger partial charge in [-0.2, -0.15) is 32.9 Å². The molecule has 0 unspecified atom stereocenters. The minimum atomic E-state index is -4.90. The Kier molecular flexibility index (Phi) is 7.28. The molecule has 1 saturated carbocycles. The van der Waals surface area contributed by atoms with Crippen LogP contribution >= 0.6 is 0 Å². The van der Waals surface area contributed by atoms with Crippen molar-refractivity contribution in [1.29, 1.82) is 5.26 Å². The minimum Gasteiger partial charge on any atom is -0.475 e. The lowest BCUT2D eigenvalue weighted by atomic mass is 9.86. The molecule has 34 heavy (non-hydrogen) atoms. The van der Waals surface area contributed by atoms with Gasteiger partial charge in [0, 0.05) is 6.04 Å². The number of anilines is 2. The standard InChI is InChI=1S/C21H25F4N7O2/c1-12-16(9-32(31-12)20(2,3)11-26)29-19-27-8-15(22)17(30-19)34-10-13-4-6-14(7-5-13)28-18(33)21(23,24)25/h8-9,13-14H,4-7,10H2,1-3H3,(H,28,33)(H,27,29,30). The molecule has 0 saturated heterocycles. The second kappa shape index (κ2) is 9.82. The number of hydrogen-bond donors (Lipinski definition) is 2. The predicted octanol–water partition coefficient (Wildman–Crippen LogP) is 3.74. The van der Waals surface area contributed by atoms with E-state index in [1.807, 2.05) is 5.32 Å². The Morgan fingerprint density at radius 1 is 1.29 bits per heavy atom. The summed E-state index contributed by atoms with van der Waals surface area (Å²) in [6.45, 7) is 5.28. The van der Waals surface area contributed by atoms with Crippen LogP contribution in [0.2, 0.25) is 0 Å². The normalized spacial score (nSPS) is 18.8. The summed E-state index contributed by atoms with van der Waals surface area (Å²) < 4.78 is 58.4. The number of aromatic nitrogens is 4. The lowest BCUT2D eigenvalue weighted by molar-refractivity contribution is -0.174. The number of ether oxygens (including phenoxy) is 1. The second-order valence-corrected chi connectivity index (χ2v) is 8.72. The van der Waals surface area contributed by atoms with E-state index in [1.165, 1.54) is 4.68 Å². The molecule has 1 amide bonds. The summed E-state index contributed by atoms with van der Waals surface area (Å²) in [5, 5.41) is 18.5. The number of carbonyl (C=O) groups is 1. The first kappa shape index (κ1) is 25.2. The summed E-state index contributed by atoms with van der Waals surface area (Å²) >= 11 is 0. The molecule has 13 heteroatoms. The highest BCUT2D eigenvalue weighted by Crippen LogP contribution is 2.28. The lowest BCUT2D eigenvalue weighted by Crippen LogP contribution is -2.44. The molecule has 184 valence electrons.